The summed E-state index contributed by atoms with van der Waals surface area (Å²) in [5.41, 5.74) is 5.69. The number of benzene rings is 1. The van der Waals surface area contributed by atoms with Crippen molar-refractivity contribution in [3.05, 3.63) is 24.3 Å². The lowest BCUT2D eigenvalue weighted by atomic mass is 10.3. The Hall–Kier alpha value is -1.71. The Kier molecular flexibility index (Phi) is 4.31. The molecule has 0 aliphatic carbocycles. The molecule has 0 amide bonds. The van der Waals surface area contributed by atoms with E-state index in [-0.39, 0.29) is 12.2 Å². The van der Waals surface area contributed by atoms with Crippen molar-refractivity contribution in [1.82, 2.24) is 0 Å². The first-order chi connectivity index (χ1) is 5.22. The fourth-order valence-corrected chi connectivity index (χ4v) is 0.488. The zero-order chi connectivity index (χ0) is 8.69. The number of phenolic OH excluding ortho intramolecular Hbond substituents is 1. The maximum absolute atomic E-state index is 8.79. The van der Waals surface area contributed by atoms with Crippen LogP contribution in [-0.4, -0.2) is 16.7 Å². The molecule has 1 rings (SSSR count). The molecule has 0 bridgehead atoms. The van der Waals surface area contributed by atoms with Crippen molar-refractivity contribution in [3.8, 4) is 5.75 Å². The minimum atomic E-state index is -0.250. The van der Waals surface area contributed by atoms with Crippen LogP contribution in [0.3, 0.4) is 0 Å². The number of hydrogen-bond acceptors (Lipinski definition) is 3. The Bertz CT molecular complexity index is 204. The predicted molar refractivity (Wildman–Crippen MR) is 41.2 cm³/mol. The van der Waals surface area contributed by atoms with Gasteiger partial charge < -0.3 is 15.9 Å². The van der Waals surface area contributed by atoms with E-state index < -0.39 is 0 Å². The second kappa shape index (κ2) is 5.10. The monoisotopic (exact) mass is 155 g/mol. The van der Waals surface area contributed by atoms with Crippen LogP contribution in [0.15, 0.2) is 24.3 Å². The van der Waals surface area contributed by atoms with E-state index in [1.54, 1.807) is 24.3 Å². The predicted octanol–water partition coefficient (Wildman–Crippen LogP) is 0.675. The summed E-state index contributed by atoms with van der Waals surface area (Å²) in [6, 6.07) is 6.70. The van der Waals surface area contributed by atoms with Crippen LogP contribution >= 0.6 is 0 Å². The summed E-state index contributed by atoms with van der Waals surface area (Å²) in [5, 5.41) is 15.7. The lowest BCUT2D eigenvalue weighted by Gasteiger charge is -1.92. The SMILES string of the molecule is Nc1ccccc1O.O=CO. The number of nitrogens with two attached hydrogens (primary N) is 1. The quantitative estimate of drug-likeness (QED) is 0.292. The van der Waals surface area contributed by atoms with E-state index in [4.69, 9.17) is 20.7 Å². The number of rotatable bonds is 0. The number of nitrogen functional groups attached to an aromatic ring is 1. The van der Waals surface area contributed by atoms with Gasteiger partial charge in [0, 0.05) is 0 Å². The summed E-state index contributed by atoms with van der Waals surface area (Å²) in [6.45, 7) is -0.250. The van der Waals surface area contributed by atoms with Gasteiger partial charge in [-0.05, 0) is 12.1 Å². The molecule has 60 valence electrons. The number of phenols is 1. The molecule has 0 aliphatic heterocycles. The largest absolute Gasteiger partial charge is 0.506 e. The van der Waals surface area contributed by atoms with Crippen molar-refractivity contribution in [2.45, 2.75) is 0 Å². The van der Waals surface area contributed by atoms with E-state index in [1.165, 1.54) is 0 Å². The van der Waals surface area contributed by atoms with Crippen LogP contribution in [0.1, 0.15) is 0 Å². The van der Waals surface area contributed by atoms with Crippen molar-refractivity contribution >= 4 is 12.2 Å². The van der Waals surface area contributed by atoms with E-state index in [0.29, 0.717) is 5.69 Å². The lowest BCUT2D eigenvalue weighted by Crippen LogP contribution is -1.82. The van der Waals surface area contributed by atoms with Crippen LogP contribution in [-0.2, 0) is 4.79 Å². The first kappa shape index (κ1) is 9.29. The summed E-state index contributed by atoms with van der Waals surface area (Å²) in [4.78, 5) is 8.36. The molecule has 1 aromatic carbocycles. The van der Waals surface area contributed by atoms with Gasteiger partial charge in [0.15, 0.2) is 0 Å². The van der Waals surface area contributed by atoms with E-state index >= 15 is 0 Å². The van der Waals surface area contributed by atoms with Gasteiger partial charge in [0.05, 0.1) is 5.69 Å². The molecular weight excluding hydrogens is 146 g/mol. The van der Waals surface area contributed by atoms with Crippen LogP contribution in [0.2, 0.25) is 0 Å². The fourth-order valence-electron chi connectivity index (χ4n) is 0.488. The van der Waals surface area contributed by atoms with Crippen molar-refractivity contribution in [2.24, 2.45) is 0 Å². The van der Waals surface area contributed by atoms with Crippen molar-refractivity contribution in [2.75, 3.05) is 5.73 Å². The normalized spacial score (nSPS) is 7.64. The Balaban J connectivity index is 0.000000292. The molecule has 0 heterocycles. The number of aromatic hydroxyl groups is 1. The lowest BCUT2D eigenvalue weighted by molar-refractivity contribution is -0.122. The standard InChI is InChI=1S/C6H7NO.CH2O2/c7-5-3-1-2-4-6(5)8;2-1-3/h1-4,8H,7H2;1H,(H,2,3). The number of anilines is 1. The van der Waals surface area contributed by atoms with Gasteiger partial charge in [-0.1, -0.05) is 12.1 Å². The molecule has 0 atom stereocenters. The molecule has 0 aliphatic rings. The Labute approximate surface area is 63.9 Å². The molecule has 1 aromatic rings. The Morgan fingerprint density at radius 3 is 2.09 bits per heavy atom. The molecule has 0 saturated carbocycles. The summed E-state index contributed by atoms with van der Waals surface area (Å²) in [5.74, 6) is 0.146. The third kappa shape index (κ3) is 3.80. The molecule has 0 fully saturated rings. The van der Waals surface area contributed by atoms with Gasteiger partial charge in [0.25, 0.3) is 6.47 Å². The molecule has 0 aromatic heterocycles. The van der Waals surface area contributed by atoms with Crippen molar-refractivity contribution < 1.29 is 15.0 Å². The van der Waals surface area contributed by atoms with Gasteiger partial charge in [-0.3, -0.25) is 4.79 Å². The third-order valence-corrected chi connectivity index (χ3v) is 0.937. The zero-order valence-corrected chi connectivity index (χ0v) is 5.77. The summed E-state index contributed by atoms with van der Waals surface area (Å²) < 4.78 is 0. The van der Waals surface area contributed by atoms with Crippen molar-refractivity contribution in [1.29, 1.82) is 0 Å². The summed E-state index contributed by atoms with van der Waals surface area (Å²) >= 11 is 0. The van der Waals surface area contributed by atoms with Gasteiger partial charge in [-0.2, -0.15) is 0 Å². The van der Waals surface area contributed by atoms with Crippen LogP contribution in [0, 0.1) is 0 Å². The molecule has 0 radical (unpaired) electrons. The second-order valence-electron chi connectivity index (χ2n) is 1.66. The van der Waals surface area contributed by atoms with Crippen LogP contribution < -0.4 is 5.73 Å². The number of carbonyl (C=O) groups is 1. The molecule has 4 nitrogen and oxygen atoms in total. The topological polar surface area (TPSA) is 83.5 Å². The van der Waals surface area contributed by atoms with E-state index in [2.05, 4.69) is 0 Å². The highest BCUT2D eigenvalue weighted by molar-refractivity contribution is 5.50. The highest BCUT2D eigenvalue weighted by Gasteiger charge is 1.87. The molecule has 11 heavy (non-hydrogen) atoms. The molecule has 4 N–H and O–H groups in total. The molecule has 0 spiro atoms. The van der Waals surface area contributed by atoms with Crippen molar-refractivity contribution in [3.63, 3.8) is 0 Å². The molecule has 0 saturated heterocycles. The Morgan fingerprint density at radius 1 is 1.36 bits per heavy atom. The zero-order valence-electron chi connectivity index (χ0n) is 5.77. The molecule has 4 heteroatoms. The second-order valence-corrected chi connectivity index (χ2v) is 1.66. The fraction of sp³-hybridized carbons (Fsp3) is 0. The van der Waals surface area contributed by atoms with Gasteiger partial charge >= 0.3 is 0 Å². The van der Waals surface area contributed by atoms with Gasteiger partial charge in [0.1, 0.15) is 5.75 Å². The van der Waals surface area contributed by atoms with Crippen LogP contribution in [0.4, 0.5) is 5.69 Å². The summed E-state index contributed by atoms with van der Waals surface area (Å²) in [7, 11) is 0. The number of hydrogen-bond donors (Lipinski definition) is 3. The van der Waals surface area contributed by atoms with Gasteiger partial charge in [-0.15, -0.1) is 0 Å². The first-order valence-corrected chi connectivity index (χ1v) is 2.83. The van der Waals surface area contributed by atoms with E-state index in [0.717, 1.165) is 0 Å². The minimum Gasteiger partial charge on any atom is -0.506 e. The van der Waals surface area contributed by atoms with Gasteiger partial charge in [0.2, 0.25) is 0 Å². The Morgan fingerprint density at radius 2 is 1.82 bits per heavy atom. The highest BCUT2D eigenvalue weighted by atomic mass is 16.3. The number of para-hydroxylation sites is 2. The molecular formula is C7H9NO3. The highest BCUT2D eigenvalue weighted by Crippen LogP contribution is 2.16. The smallest absolute Gasteiger partial charge is 0.290 e. The van der Waals surface area contributed by atoms with Crippen LogP contribution in [0.25, 0.3) is 0 Å². The van der Waals surface area contributed by atoms with Crippen LogP contribution in [0.5, 0.6) is 5.75 Å². The first-order valence-electron chi connectivity index (χ1n) is 2.83. The van der Waals surface area contributed by atoms with E-state index in [9.17, 15) is 0 Å². The maximum atomic E-state index is 8.79. The number of carboxylic acid groups (broad SMARTS) is 1. The van der Waals surface area contributed by atoms with Gasteiger partial charge in [-0.25, -0.2) is 0 Å². The molecule has 0 unspecified atom stereocenters. The van der Waals surface area contributed by atoms with E-state index in [1.807, 2.05) is 0 Å². The average Bonchev–Trinajstić information content (AvgIpc) is 1.97. The minimum absolute atomic E-state index is 0.146. The average molecular weight is 155 g/mol. The third-order valence-electron chi connectivity index (χ3n) is 0.937. The summed E-state index contributed by atoms with van der Waals surface area (Å²) in [6.07, 6.45) is 0. The maximum Gasteiger partial charge on any atom is 0.290 e.